The number of nitrogens with two attached hydrogens (primary N) is 1. The maximum absolute atomic E-state index is 6.08. The van der Waals surface area contributed by atoms with Crippen LogP contribution in [0, 0.1) is 5.92 Å². The molecule has 0 radical (unpaired) electrons. The highest BCUT2D eigenvalue weighted by Crippen LogP contribution is 2.35. The molecular weight excluding hydrogens is 306 g/mol. The van der Waals surface area contributed by atoms with E-state index in [1.165, 1.54) is 42.4 Å². The van der Waals surface area contributed by atoms with E-state index in [4.69, 9.17) is 10.5 Å². The first-order valence-corrected chi connectivity index (χ1v) is 9.72. The van der Waals surface area contributed by atoms with Crippen molar-refractivity contribution in [2.45, 2.75) is 65.4 Å². The van der Waals surface area contributed by atoms with Crippen molar-refractivity contribution in [3.05, 3.63) is 53.1 Å². The molecule has 0 saturated heterocycles. The second kappa shape index (κ2) is 7.95. The second-order valence-electron chi connectivity index (χ2n) is 7.60. The van der Waals surface area contributed by atoms with E-state index < -0.39 is 0 Å². The first kappa shape index (κ1) is 17.8. The monoisotopic (exact) mass is 337 g/mol. The molecule has 0 heterocycles. The van der Waals surface area contributed by atoms with Gasteiger partial charge in [-0.2, -0.15) is 0 Å². The number of hydrogen-bond acceptors (Lipinski definition) is 2. The molecule has 2 nitrogen and oxygen atoms in total. The standard InChI is InChI=1S/C23H31NO/c1-4-17(3)25-23-15-21(13-14-22(23)24)20-11-9-19(10-12-20)18-7-5-16(2)6-8-18/h9,11-17H,4-8,10,24H2,1-3H3. The topological polar surface area (TPSA) is 35.2 Å². The Balaban J connectivity index is 1.75. The van der Waals surface area contributed by atoms with Crippen molar-refractivity contribution in [3.8, 4) is 5.75 Å². The van der Waals surface area contributed by atoms with E-state index in [-0.39, 0.29) is 6.10 Å². The molecule has 1 unspecified atom stereocenters. The Morgan fingerprint density at radius 1 is 1.20 bits per heavy atom. The Morgan fingerprint density at radius 2 is 1.96 bits per heavy atom. The van der Waals surface area contributed by atoms with Crippen LogP contribution in [0.4, 0.5) is 5.69 Å². The van der Waals surface area contributed by atoms with E-state index in [2.05, 4.69) is 51.1 Å². The summed E-state index contributed by atoms with van der Waals surface area (Å²) in [6.45, 7) is 6.57. The molecule has 1 aromatic carbocycles. The predicted molar refractivity (Wildman–Crippen MR) is 108 cm³/mol. The minimum Gasteiger partial charge on any atom is -0.489 e. The average Bonchev–Trinajstić information content (AvgIpc) is 2.64. The van der Waals surface area contributed by atoms with E-state index in [9.17, 15) is 0 Å². The van der Waals surface area contributed by atoms with Crippen LogP contribution in [0.1, 0.15) is 64.9 Å². The third-order valence-electron chi connectivity index (χ3n) is 5.59. The molecule has 1 fully saturated rings. The van der Waals surface area contributed by atoms with Gasteiger partial charge in [0.1, 0.15) is 5.75 Å². The molecule has 0 spiro atoms. The van der Waals surface area contributed by atoms with Gasteiger partial charge in [-0.15, -0.1) is 0 Å². The maximum atomic E-state index is 6.08. The Labute approximate surface area is 152 Å². The molecule has 0 amide bonds. The highest BCUT2D eigenvalue weighted by molar-refractivity contribution is 5.78. The summed E-state index contributed by atoms with van der Waals surface area (Å²) in [4.78, 5) is 0. The first-order valence-electron chi connectivity index (χ1n) is 9.72. The van der Waals surface area contributed by atoms with Crippen LogP contribution in [-0.4, -0.2) is 6.10 Å². The fourth-order valence-corrected chi connectivity index (χ4v) is 3.57. The SMILES string of the molecule is CCC(C)Oc1cc(C2=CCC(=C3CCC(C)CC3)C=C2)ccc1N. The fourth-order valence-electron chi connectivity index (χ4n) is 3.57. The lowest BCUT2D eigenvalue weighted by Gasteiger charge is -2.23. The van der Waals surface area contributed by atoms with Gasteiger partial charge in [-0.3, -0.25) is 0 Å². The summed E-state index contributed by atoms with van der Waals surface area (Å²) in [5.74, 6) is 1.69. The Morgan fingerprint density at radius 3 is 2.60 bits per heavy atom. The predicted octanol–water partition coefficient (Wildman–Crippen LogP) is 6.30. The van der Waals surface area contributed by atoms with Crippen LogP contribution in [0.2, 0.25) is 0 Å². The fraction of sp³-hybridized carbons (Fsp3) is 0.478. The summed E-state index contributed by atoms with van der Waals surface area (Å²) < 4.78 is 5.97. The molecule has 2 N–H and O–H groups in total. The lowest BCUT2D eigenvalue weighted by atomic mass is 9.82. The van der Waals surface area contributed by atoms with Gasteiger partial charge in [-0.1, -0.05) is 43.7 Å². The highest BCUT2D eigenvalue weighted by atomic mass is 16.5. The molecule has 2 aliphatic carbocycles. The number of nitrogen functional groups attached to an aromatic ring is 1. The van der Waals surface area contributed by atoms with Crippen molar-refractivity contribution in [2.75, 3.05) is 5.73 Å². The van der Waals surface area contributed by atoms with E-state index in [1.54, 1.807) is 5.57 Å². The van der Waals surface area contributed by atoms with Crippen molar-refractivity contribution < 1.29 is 4.74 Å². The summed E-state index contributed by atoms with van der Waals surface area (Å²) >= 11 is 0. The third kappa shape index (κ3) is 4.36. The zero-order valence-electron chi connectivity index (χ0n) is 15.8. The van der Waals surface area contributed by atoms with Gasteiger partial charge in [-0.25, -0.2) is 0 Å². The van der Waals surface area contributed by atoms with E-state index in [0.29, 0.717) is 5.69 Å². The van der Waals surface area contributed by atoms with E-state index in [0.717, 1.165) is 24.5 Å². The van der Waals surface area contributed by atoms with Gasteiger partial charge < -0.3 is 10.5 Å². The van der Waals surface area contributed by atoms with Crippen molar-refractivity contribution in [1.29, 1.82) is 0 Å². The van der Waals surface area contributed by atoms with Crippen molar-refractivity contribution in [1.82, 2.24) is 0 Å². The number of rotatable bonds is 4. The van der Waals surface area contributed by atoms with Gasteiger partial charge in [0.25, 0.3) is 0 Å². The summed E-state index contributed by atoms with van der Waals surface area (Å²) in [6.07, 6.45) is 14.4. The number of allylic oxidation sites excluding steroid dienone is 6. The van der Waals surface area contributed by atoms with Crippen LogP contribution in [0.15, 0.2) is 47.6 Å². The summed E-state index contributed by atoms with van der Waals surface area (Å²) in [5, 5.41) is 0. The van der Waals surface area contributed by atoms with Gasteiger partial charge in [0.15, 0.2) is 0 Å². The van der Waals surface area contributed by atoms with Crippen molar-refractivity contribution in [3.63, 3.8) is 0 Å². The van der Waals surface area contributed by atoms with Crippen LogP contribution in [0.5, 0.6) is 5.75 Å². The molecule has 1 saturated carbocycles. The molecular formula is C23H31NO. The van der Waals surface area contributed by atoms with Gasteiger partial charge in [0, 0.05) is 0 Å². The van der Waals surface area contributed by atoms with Crippen molar-refractivity contribution in [2.24, 2.45) is 5.92 Å². The third-order valence-corrected chi connectivity index (χ3v) is 5.59. The summed E-state index contributed by atoms with van der Waals surface area (Å²) in [5.41, 5.74) is 12.4. The van der Waals surface area contributed by atoms with Crippen molar-refractivity contribution >= 4 is 11.3 Å². The molecule has 0 aromatic heterocycles. The number of anilines is 1. The molecule has 134 valence electrons. The molecule has 1 aromatic rings. The Kier molecular flexibility index (Phi) is 5.67. The van der Waals surface area contributed by atoms with Gasteiger partial charge in [0.2, 0.25) is 0 Å². The molecule has 0 aliphatic heterocycles. The minimum atomic E-state index is 0.179. The lowest BCUT2D eigenvalue weighted by Crippen LogP contribution is -2.11. The van der Waals surface area contributed by atoms with Gasteiger partial charge >= 0.3 is 0 Å². The largest absolute Gasteiger partial charge is 0.489 e. The summed E-state index contributed by atoms with van der Waals surface area (Å²) in [7, 11) is 0. The molecule has 3 rings (SSSR count). The van der Waals surface area contributed by atoms with Crippen LogP contribution in [-0.2, 0) is 0 Å². The molecule has 1 atom stereocenters. The van der Waals surface area contributed by atoms with Gasteiger partial charge in [-0.05, 0) is 80.2 Å². The quantitative estimate of drug-likeness (QED) is 0.655. The zero-order chi connectivity index (χ0) is 17.8. The smallest absolute Gasteiger partial charge is 0.143 e. The molecule has 2 aliphatic rings. The summed E-state index contributed by atoms with van der Waals surface area (Å²) in [6, 6.07) is 6.13. The van der Waals surface area contributed by atoms with Gasteiger partial charge in [0.05, 0.1) is 11.8 Å². The zero-order valence-corrected chi connectivity index (χ0v) is 15.8. The first-order chi connectivity index (χ1) is 12.1. The minimum absolute atomic E-state index is 0.179. The van der Waals surface area contributed by atoms with Crippen LogP contribution >= 0.6 is 0 Å². The average molecular weight is 338 g/mol. The normalized spacial score (nSPS) is 21.9. The van der Waals surface area contributed by atoms with Crippen LogP contribution in [0.25, 0.3) is 5.57 Å². The Bertz CT molecular complexity index is 701. The Hall–Kier alpha value is -1.96. The number of benzene rings is 1. The molecule has 25 heavy (non-hydrogen) atoms. The number of ether oxygens (including phenoxy) is 1. The second-order valence-corrected chi connectivity index (χ2v) is 7.60. The molecule has 2 heteroatoms. The lowest BCUT2D eigenvalue weighted by molar-refractivity contribution is 0.218. The van der Waals surface area contributed by atoms with E-state index in [1.807, 2.05) is 6.07 Å². The van der Waals surface area contributed by atoms with Crippen LogP contribution in [0.3, 0.4) is 0 Å². The number of hydrogen-bond donors (Lipinski definition) is 1. The van der Waals surface area contributed by atoms with Crippen LogP contribution < -0.4 is 10.5 Å². The van der Waals surface area contributed by atoms with E-state index >= 15 is 0 Å². The molecule has 0 bridgehead atoms. The highest BCUT2D eigenvalue weighted by Gasteiger charge is 2.16. The maximum Gasteiger partial charge on any atom is 0.143 e.